The summed E-state index contributed by atoms with van der Waals surface area (Å²) in [6, 6.07) is 16.9. The largest absolute Gasteiger partial charge is 0.497 e. The third-order valence-corrected chi connectivity index (χ3v) is 4.11. The molecule has 0 saturated carbocycles. The number of hydrogen-bond acceptors (Lipinski definition) is 5. The summed E-state index contributed by atoms with van der Waals surface area (Å²) in [6.07, 6.45) is 0. The Bertz CT molecular complexity index is 956. The van der Waals surface area contributed by atoms with Crippen molar-refractivity contribution in [3.05, 3.63) is 77.1 Å². The summed E-state index contributed by atoms with van der Waals surface area (Å²) in [5.41, 5.74) is 4.01. The van der Waals surface area contributed by atoms with Crippen molar-refractivity contribution < 1.29 is 9.53 Å². The number of anilines is 2. The number of nitrogens with one attached hydrogen (secondary N) is 2. The van der Waals surface area contributed by atoms with E-state index in [4.69, 9.17) is 4.74 Å². The van der Waals surface area contributed by atoms with Gasteiger partial charge < -0.3 is 15.4 Å². The fourth-order valence-corrected chi connectivity index (χ4v) is 2.64. The van der Waals surface area contributed by atoms with Crippen LogP contribution in [0.3, 0.4) is 0 Å². The van der Waals surface area contributed by atoms with E-state index in [9.17, 15) is 4.79 Å². The van der Waals surface area contributed by atoms with Crippen LogP contribution in [0.4, 0.5) is 11.6 Å². The maximum Gasteiger partial charge on any atom is 0.274 e. The van der Waals surface area contributed by atoms with Gasteiger partial charge in [0.2, 0.25) is 5.95 Å². The van der Waals surface area contributed by atoms with E-state index in [0.29, 0.717) is 35.3 Å². The van der Waals surface area contributed by atoms with Crippen LogP contribution >= 0.6 is 0 Å². The van der Waals surface area contributed by atoms with Crippen molar-refractivity contribution in [1.82, 2.24) is 9.97 Å². The molecule has 0 aliphatic heterocycles. The highest BCUT2D eigenvalue weighted by atomic mass is 16.5. The molecule has 0 bridgehead atoms. The summed E-state index contributed by atoms with van der Waals surface area (Å²) >= 11 is 0. The molecule has 0 saturated heterocycles. The Balaban J connectivity index is 1.74. The van der Waals surface area contributed by atoms with Gasteiger partial charge in [0.15, 0.2) is 0 Å². The highest BCUT2D eigenvalue weighted by molar-refractivity contribution is 6.03. The van der Waals surface area contributed by atoms with Crippen LogP contribution in [0, 0.1) is 13.8 Å². The monoisotopic (exact) mass is 362 g/mol. The predicted molar refractivity (Wildman–Crippen MR) is 106 cm³/mol. The third-order valence-electron chi connectivity index (χ3n) is 4.11. The van der Waals surface area contributed by atoms with Gasteiger partial charge in [-0.05, 0) is 43.2 Å². The average Bonchev–Trinajstić information content (AvgIpc) is 2.67. The highest BCUT2D eigenvalue weighted by Gasteiger charge is 2.11. The zero-order valence-electron chi connectivity index (χ0n) is 15.6. The van der Waals surface area contributed by atoms with Gasteiger partial charge in [0.25, 0.3) is 5.91 Å². The highest BCUT2D eigenvalue weighted by Crippen LogP contribution is 2.18. The van der Waals surface area contributed by atoms with Crippen molar-refractivity contribution in [3.8, 4) is 5.75 Å². The van der Waals surface area contributed by atoms with Gasteiger partial charge >= 0.3 is 0 Å². The summed E-state index contributed by atoms with van der Waals surface area (Å²) in [5.74, 6) is 0.800. The van der Waals surface area contributed by atoms with Crippen molar-refractivity contribution >= 4 is 17.5 Å². The summed E-state index contributed by atoms with van der Waals surface area (Å²) in [4.78, 5) is 21.3. The first-order valence-electron chi connectivity index (χ1n) is 8.64. The number of carbonyl (C=O) groups is 1. The van der Waals surface area contributed by atoms with Crippen molar-refractivity contribution in [2.45, 2.75) is 20.4 Å². The van der Waals surface area contributed by atoms with E-state index >= 15 is 0 Å². The molecule has 0 radical (unpaired) electrons. The van der Waals surface area contributed by atoms with Crippen molar-refractivity contribution in [1.29, 1.82) is 0 Å². The number of aromatic nitrogens is 2. The minimum atomic E-state index is -0.298. The van der Waals surface area contributed by atoms with Gasteiger partial charge in [-0.3, -0.25) is 4.79 Å². The van der Waals surface area contributed by atoms with Gasteiger partial charge in [-0.15, -0.1) is 0 Å². The first kappa shape index (κ1) is 18.4. The van der Waals surface area contributed by atoms with Crippen LogP contribution in [0.25, 0.3) is 0 Å². The first-order chi connectivity index (χ1) is 13.0. The molecule has 1 aromatic heterocycles. The predicted octanol–water partition coefficient (Wildman–Crippen LogP) is 3.97. The van der Waals surface area contributed by atoms with Crippen LogP contribution in [-0.2, 0) is 6.54 Å². The Hall–Kier alpha value is -3.41. The van der Waals surface area contributed by atoms with Gasteiger partial charge in [-0.25, -0.2) is 9.97 Å². The molecule has 3 rings (SSSR count). The standard InChI is InChI=1S/C21H22N4O2/c1-14-7-4-5-8-16(14)13-22-21-23-15(2)11-19(25-21)20(26)24-17-9-6-10-18(12-17)27-3/h4-12H,13H2,1-3H3,(H,24,26)(H,22,23,25). The van der Waals surface area contributed by atoms with E-state index in [1.165, 1.54) is 5.56 Å². The molecule has 27 heavy (non-hydrogen) atoms. The lowest BCUT2D eigenvalue weighted by Gasteiger charge is -2.10. The number of amides is 1. The fourth-order valence-electron chi connectivity index (χ4n) is 2.64. The van der Waals surface area contributed by atoms with Crippen molar-refractivity contribution in [2.75, 3.05) is 17.7 Å². The number of nitrogens with zero attached hydrogens (tertiary/aromatic N) is 2. The Morgan fingerprint density at radius 3 is 2.63 bits per heavy atom. The molecule has 6 nitrogen and oxygen atoms in total. The van der Waals surface area contributed by atoms with Crippen LogP contribution in [0.5, 0.6) is 5.75 Å². The fraction of sp³-hybridized carbons (Fsp3) is 0.190. The SMILES string of the molecule is COc1cccc(NC(=O)c2cc(C)nc(NCc3ccccc3C)n2)c1. The van der Waals surface area contributed by atoms with Gasteiger partial charge in [0, 0.05) is 24.0 Å². The molecule has 1 heterocycles. The van der Waals surface area contributed by atoms with Crippen LogP contribution in [0.2, 0.25) is 0 Å². The Kier molecular flexibility index (Phi) is 5.66. The number of ether oxygens (including phenoxy) is 1. The van der Waals surface area contributed by atoms with Crippen LogP contribution in [0.15, 0.2) is 54.6 Å². The molecule has 1 amide bonds. The first-order valence-corrected chi connectivity index (χ1v) is 8.64. The van der Waals surface area contributed by atoms with E-state index in [0.717, 1.165) is 5.56 Å². The molecule has 0 spiro atoms. The minimum Gasteiger partial charge on any atom is -0.497 e. The molecule has 2 aromatic carbocycles. The van der Waals surface area contributed by atoms with Crippen LogP contribution in [-0.4, -0.2) is 23.0 Å². The average molecular weight is 362 g/mol. The molecular weight excluding hydrogens is 340 g/mol. The molecule has 6 heteroatoms. The lowest BCUT2D eigenvalue weighted by atomic mass is 10.1. The smallest absolute Gasteiger partial charge is 0.274 e. The molecule has 0 atom stereocenters. The lowest BCUT2D eigenvalue weighted by Crippen LogP contribution is -2.16. The van der Waals surface area contributed by atoms with E-state index < -0.39 is 0 Å². The lowest BCUT2D eigenvalue weighted by molar-refractivity contribution is 0.102. The van der Waals surface area contributed by atoms with Gasteiger partial charge in [-0.1, -0.05) is 30.3 Å². The third kappa shape index (κ3) is 4.82. The molecule has 138 valence electrons. The van der Waals surface area contributed by atoms with Crippen LogP contribution in [0.1, 0.15) is 27.3 Å². The normalized spacial score (nSPS) is 10.3. The van der Waals surface area contributed by atoms with E-state index in [2.05, 4.69) is 39.7 Å². The molecule has 0 unspecified atom stereocenters. The molecular formula is C21H22N4O2. The number of carbonyl (C=O) groups excluding carboxylic acids is 1. The summed E-state index contributed by atoms with van der Waals surface area (Å²) in [6.45, 7) is 4.48. The number of aryl methyl sites for hydroxylation is 2. The zero-order valence-corrected chi connectivity index (χ0v) is 15.6. The summed E-state index contributed by atoms with van der Waals surface area (Å²) in [5, 5.41) is 6.03. The molecule has 3 aromatic rings. The van der Waals surface area contributed by atoms with Gasteiger partial charge in [-0.2, -0.15) is 0 Å². The number of benzene rings is 2. The number of rotatable bonds is 6. The second-order valence-electron chi connectivity index (χ2n) is 6.18. The van der Waals surface area contributed by atoms with Crippen molar-refractivity contribution in [3.63, 3.8) is 0 Å². The quantitative estimate of drug-likeness (QED) is 0.694. The second kappa shape index (κ2) is 8.31. The maximum atomic E-state index is 12.6. The van der Waals surface area contributed by atoms with Gasteiger partial charge in [0.05, 0.1) is 7.11 Å². The van der Waals surface area contributed by atoms with Crippen molar-refractivity contribution in [2.24, 2.45) is 0 Å². The van der Waals surface area contributed by atoms with E-state index in [1.54, 1.807) is 25.3 Å². The number of hydrogen-bond donors (Lipinski definition) is 2. The molecule has 0 fully saturated rings. The molecule has 2 N–H and O–H groups in total. The maximum absolute atomic E-state index is 12.6. The van der Waals surface area contributed by atoms with Gasteiger partial charge in [0.1, 0.15) is 11.4 Å². The second-order valence-corrected chi connectivity index (χ2v) is 6.18. The zero-order chi connectivity index (χ0) is 19.2. The molecule has 0 aliphatic carbocycles. The van der Waals surface area contributed by atoms with E-state index in [-0.39, 0.29) is 5.91 Å². The Morgan fingerprint density at radius 1 is 1.04 bits per heavy atom. The Labute approximate surface area is 158 Å². The topological polar surface area (TPSA) is 76.1 Å². The summed E-state index contributed by atoms with van der Waals surface area (Å²) in [7, 11) is 1.58. The number of methoxy groups -OCH3 is 1. The Morgan fingerprint density at radius 2 is 1.85 bits per heavy atom. The minimum absolute atomic E-state index is 0.298. The summed E-state index contributed by atoms with van der Waals surface area (Å²) < 4.78 is 5.18. The van der Waals surface area contributed by atoms with Crippen LogP contribution < -0.4 is 15.4 Å². The molecule has 0 aliphatic rings. The van der Waals surface area contributed by atoms with E-state index in [1.807, 2.05) is 31.2 Å².